The van der Waals surface area contributed by atoms with Crippen LogP contribution in [0.5, 0.6) is 0 Å². The fourth-order valence-electron chi connectivity index (χ4n) is 3.24. The molecule has 0 heterocycles. The van der Waals surface area contributed by atoms with E-state index < -0.39 is 10.5 Å². The van der Waals surface area contributed by atoms with E-state index in [4.69, 9.17) is 23.2 Å². The predicted molar refractivity (Wildman–Crippen MR) is 93.2 cm³/mol. The standard InChI is InChI=1S/C19H8Cl2O3/c20-18(23)10-7-9-5-6-13(19(21)24)16-15(9)14(8-10)11-3-1-2-4-12(11)17(16)22/h1-8H. The number of hydrogen-bond acceptors (Lipinski definition) is 3. The molecule has 0 aliphatic heterocycles. The summed E-state index contributed by atoms with van der Waals surface area (Å²) in [5, 5.41) is 0.00698. The molecular weight excluding hydrogens is 347 g/mol. The van der Waals surface area contributed by atoms with Gasteiger partial charge in [0.1, 0.15) is 0 Å². The lowest BCUT2D eigenvalue weighted by Crippen LogP contribution is -2.14. The van der Waals surface area contributed by atoms with E-state index >= 15 is 0 Å². The summed E-state index contributed by atoms with van der Waals surface area (Å²) in [6.45, 7) is 0. The van der Waals surface area contributed by atoms with Crippen LogP contribution in [0, 0.1) is 0 Å². The molecule has 3 nitrogen and oxygen atoms in total. The molecule has 0 bridgehead atoms. The zero-order chi connectivity index (χ0) is 17.0. The third kappa shape index (κ3) is 2.02. The van der Waals surface area contributed by atoms with Crippen LogP contribution in [0.25, 0.3) is 21.9 Å². The first-order valence-electron chi connectivity index (χ1n) is 7.13. The molecule has 0 aromatic heterocycles. The quantitative estimate of drug-likeness (QED) is 0.485. The number of benzene rings is 3. The lowest BCUT2D eigenvalue weighted by molar-refractivity contribution is 0.102. The maximum absolute atomic E-state index is 12.9. The number of carbonyl (C=O) groups excluding carboxylic acids is 3. The van der Waals surface area contributed by atoms with Crippen molar-refractivity contribution in [2.75, 3.05) is 0 Å². The zero-order valence-corrected chi connectivity index (χ0v) is 13.6. The minimum Gasteiger partial charge on any atom is -0.289 e. The Balaban J connectivity index is 2.25. The minimum absolute atomic E-state index is 0.162. The number of rotatable bonds is 2. The van der Waals surface area contributed by atoms with E-state index in [0.29, 0.717) is 33.0 Å². The number of carbonyl (C=O) groups is 3. The van der Waals surface area contributed by atoms with Gasteiger partial charge in [-0.05, 0) is 57.9 Å². The van der Waals surface area contributed by atoms with Gasteiger partial charge in [-0.1, -0.05) is 30.3 Å². The highest BCUT2D eigenvalue weighted by molar-refractivity contribution is 6.69. The highest BCUT2D eigenvalue weighted by atomic mass is 35.5. The molecule has 0 N–H and O–H groups in total. The van der Waals surface area contributed by atoms with Crippen LogP contribution in [-0.4, -0.2) is 16.3 Å². The molecule has 1 aliphatic rings. The van der Waals surface area contributed by atoms with Crippen molar-refractivity contribution in [1.82, 2.24) is 0 Å². The third-order valence-electron chi connectivity index (χ3n) is 4.25. The van der Waals surface area contributed by atoms with E-state index in [0.717, 1.165) is 0 Å². The van der Waals surface area contributed by atoms with Crippen LogP contribution < -0.4 is 0 Å². The molecule has 5 heteroatoms. The topological polar surface area (TPSA) is 51.2 Å². The average Bonchev–Trinajstić information content (AvgIpc) is 2.58. The summed E-state index contributed by atoms with van der Waals surface area (Å²) in [6.07, 6.45) is 0. The molecule has 1 aliphatic carbocycles. The van der Waals surface area contributed by atoms with E-state index in [1.54, 1.807) is 30.3 Å². The largest absolute Gasteiger partial charge is 0.289 e. The van der Waals surface area contributed by atoms with Crippen molar-refractivity contribution in [3.63, 3.8) is 0 Å². The summed E-state index contributed by atoms with van der Waals surface area (Å²) in [5.41, 5.74) is 2.64. The predicted octanol–water partition coefficient (Wildman–Crippen LogP) is 4.81. The first-order valence-corrected chi connectivity index (χ1v) is 7.89. The van der Waals surface area contributed by atoms with E-state index in [2.05, 4.69) is 0 Å². The zero-order valence-electron chi connectivity index (χ0n) is 12.1. The SMILES string of the molecule is O=C(Cl)c1cc2c3c(c(C(=O)Cl)ccc3c1)C(=O)c1ccccc1-2. The van der Waals surface area contributed by atoms with E-state index in [-0.39, 0.29) is 16.9 Å². The maximum atomic E-state index is 12.9. The van der Waals surface area contributed by atoms with Crippen LogP contribution in [0.1, 0.15) is 36.6 Å². The second-order valence-electron chi connectivity index (χ2n) is 5.53. The molecule has 3 aromatic rings. The summed E-state index contributed by atoms with van der Waals surface area (Å²) in [5.74, 6) is -0.252. The van der Waals surface area contributed by atoms with Crippen LogP contribution in [-0.2, 0) is 0 Å². The van der Waals surface area contributed by atoms with Crippen molar-refractivity contribution in [3.05, 3.63) is 70.8 Å². The highest BCUT2D eigenvalue weighted by Crippen LogP contribution is 2.41. The van der Waals surface area contributed by atoms with Crippen molar-refractivity contribution >= 4 is 50.2 Å². The van der Waals surface area contributed by atoms with Crippen LogP contribution in [0.4, 0.5) is 0 Å². The minimum atomic E-state index is -0.692. The highest BCUT2D eigenvalue weighted by Gasteiger charge is 2.29. The van der Waals surface area contributed by atoms with Gasteiger partial charge >= 0.3 is 0 Å². The Kier molecular flexibility index (Phi) is 3.30. The molecule has 24 heavy (non-hydrogen) atoms. The van der Waals surface area contributed by atoms with Gasteiger partial charge in [0.15, 0.2) is 5.78 Å². The first-order chi connectivity index (χ1) is 11.5. The number of ketones is 1. The van der Waals surface area contributed by atoms with Gasteiger partial charge in [-0.15, -0.1) is 0 Å². The fraction of sp³-hybridized carbons (Fsp3) is 0. The first kappa shape index (κ1) is 15.1. The molecule has 0 saturated carbocycles. The third-order valence-corrected chi connectivity index (χ3v) is 4.67. The summed E-state index contributed by atoms with van der Waals surface area (Å²) >= 11 is 11.3. The molecule has 0 radical (unpaired) electrons. The van der Waals surface area contributed by atoms with Gasteiger partial charge in [0.2, 0.25) is 0 Å². The van der Waals surface area contributed by atoms with Crippen molar-refractivity contribution < 1.29 is 14.4 Å². The molecule has 0 unspecified atom stereocenters. The number of fused-ring (bicyclic) bond motifs is 2. The fourth-order valence-corrected chi connectivity index (χ4v) is 3.51. The van der Waals surface area contributed by atoms with E-state index in [9.17, 15) is 14.4 Å². The second-order valence-corrected chi connectivity index (χ2v) is 6.22. The van der Waals surface area contributed by atoms with Crippen molar-refractivity contribution in [2.45, 2.75) is 0 Å². The average molecular weight is 355 g/mol. The van der Waals surface area contributed by atoms with Gasteiger partial charge < -0.3 is 0 Å². The summed E-state index contributed by atoms with van der Waals surface area (Å²) < 4.78 is 0. The van der Waals surface area contributed by atoms with E-state index in [1.165, 1.54) is 6.07 Å². The van der Waals surface area contributed by atoms with Gasteiger partial charge in [0.05, 0.1) is 0 Å². The Labute approximate surface area is 146 Å². The number of hydrogen-bond donors (Lipinski definition) is 0. The molecule has 0 saturated heterocycles. The lowest BCUT2D eigenvalue weighted by Gasteiger charge is -2.21. The van der Waals surface area contributed by atoms with E-state index in [1.807, 2.05) is 12.1 Å². The van der Waals surface area contributed by atoms with Crippen LogP contribution in [0.15, 0.2) is 48.5 Å². The normalized spacial score (nSPS) is 12.2. The molecule has 0 amide bonds. The number of halogens is 2. The van der Waals surface area contributed by atoms with Gasteiger partial charge in [-0.3, -0.25) is 14.4 Å². The lowest BCUT2D eigenvalue weighted by atomic mass is 9.80. The Morgan fingerprint density at radius 2 is 1.50 bits per heavy atom. The van der Waals surface area contributed by atoms with Gasteiger partial charge in [0.25, 0.3) is 10.5 Å². The Bertz CT molecular complexity index is 1080. The molecule has 0 fully saturated rings. The Morgan fingerprint density at radius 3 is 2.17 bits per heavy atom. The molecule has 0 spiro atoms. The summed E-state index contributed by atoms with van der Waals surface area (Å²) in [4.78, 5) is 36.3. The molecule has 4 rings (SSSR count). The monoisotopic (exact) mass is 354 g/mol. The molecule has 116 valence electrons. The van der Waals surface area contributed by atoms with Gasteiger partial charge in [-0.25, -0.2) is 0 Å². The summed E-state index contributed by atoms with van der Waals surface area (Å²) in [6, 6.07) is 13.5. The van der Waals surface area contributed by atoms with Crippen LogP contribution in [0.2, 0.25) is 0 Å². The smallest absolute Gasteiger partial charge is 0.253 e. The van der Waals surface area contributed by atoms with Crippen molar-refractivity contribution in [1.29, 1.82) is 0 Å². The van der Waals surface area contributed by atoms with Crippen LogP contribution >= 0.6 is 23.2 Å². The molecule has 3 aromatic carbocycles. The Hall–Kier alpha value is -2.49. The Morgan fingerprint density at radius 1 is 0.792 bits per heavy atom. The maximum Gasteiger partial charge on any atom is 0.253 e. The van der Waals surface area contributed by atoms with Crippen LogP contribution in [0.3, 0.4) is 0 Å². The van der Waals surface area contributed by atoms with Crippen molar-refractivity contribution in [2.24, 2.45) is 0 Å². The van der Waals surface area contributed by atoms with Gasteiger partial charge in [-0.2, -0.15) is 0 Å². The molecule has 0 atom stereocenters. The summed E-state index contributed by atoms with van der Waals surface area (Å²) in [7, 11) is 0. The second kappa shape index (κ2) is 5.26. The van der Waals surface area contributed by atoms with Crippen molar-refractivity contribution in [3.8, 4) is 11.1 Å². The molecular formula is C19H8Cl2O3. The van der Waals surface area contributed by atoms with Gasteiger partial charge in [0, 0.05) is 27.6 Å².